The Bertz CT molecular complexity index is 790. The predicted molar refractivity (Wildman–Crippen MR) is 99.2 cm³/mol. The van der Waals surface area contributed by atoms with Crippen LogP contribution >= 0.6 is 11.3 Å². The number of aryl methyl sites for hydroxylation is 2. The number of rotatable bonds is 5. The van der Waals surface area contributed by atoms with Crippen LogP contribution in [0.2, 0.25) is 0 Å². The Kier molecular flexibility index (Phi) is 5.01. The third-order valence-electron chi connectivity index (χ3n) is 3.92. The van der Waals surface area contributed by atoms with Gasteiger partial charge in [-0.2, -0.15) is 0 Å². The van der Waals surface area contributed by atoms with E-state index in [9.17, 15) is 4.79 Å². The molecule has 2 heterocycles. The lowest BCUT2D eigenvalue weighted by Crippen LogP contribution is -2.34. The van der Waals surface area contributed by atoms with Crippen molar-refractivity contribution in [2.75, 3.05) is 5.32 Å². The van der Waals surface area contributed by atoms with Gasteiger partial charge in [0.25, 0.3) is 0 Å². The molecule has 0 saturated carbocycles. The van der Waals surface area contributed by atoms with Crippen LogP contribution < -0.4 is 5.32 Å². The van der Waals surface area contributed by atoms with Crippen LogP contribution in [0.3, 0.4) is 0 Å². The SMILES string of the molecule is Cc1ccc(NC(=O)N(Cc2cccs2)Cc2cccn2C)cc1. The lowest BCUT2D eigenvalue weighted by molar-refractivity contribution is 0.205. The molecular weight excluding hydrogens is 318 g/mol. The fourth-order valence-electron chi connectivity index (χ4n) is 2.49. The van der Waals surface area contributed by atoms with Crippen LogP contribution in [0.25, 0.3) is 0 Å². The molecule has 24 heavy (non-hydrogen) atoms. The quantitative estimate of drug-likeness (QED) is 0.723. The molecule has 0 fully saturated rings. The molecule has 2 aromatic heterocycles. The summed E-state index contributed by atoms with van der Waals surface area (Å²) in [6.07, 6.45) is 2.00. The van der Waals surface area contributed by atoms with Gasteiger partial charge in [-0.15, -0.1) is 11.3 Å². The van der Waals surface area contributed by atoms with E-state index in [0.29, 0.717) is 13.1 Å². The van der Waals surface area contributed by atoms with Gasteiger partial charge in [-0.1, -0.05) is 23.8 Å². The number of thiophene rings is 1. The van der Waals surface area contributed by atoms with Crippen LogP contribution in [-0.4, -0.2) is 15.5 Å². The fraction of sp³-hybridized carbons (Fsp3) is 0.211. The minimum absolute atomic E-state index is 0.0894. The summed E-state index contributed by atoms with van der Waals surface area (Å²) < 4.78 is 2.04. The monoisotopic (exact) mass is 339 g/mol. The molecule has 1 N–H and O–H groups in total. The molecule has 5 heteroatoms. The molecule has 124 valence electrons. The zero-order valence-corrected chi connectivity index (χ0v) is 14.7. The molecule has 0 atom stereocenters. The van der Waals surface area contributed by atoms with Gasteiger partial charge in [-0.3, -0.25) is 0 Å². The van der Waals surface area contributed by atoms with Gasteiger partial charge >= 0.3 is 6.03 Å². The number of carbonyl (C=O) groups is 1. The van der Waals surface area contributed by atoms with Crippen molar-refractivity contribution in [2.24, 2.45) is 7.05 Å². The van der Waals surface area contributed by atoms with E-state index in [0.717, 1.165) is 11.4 Å². The van der Waals surface area contributed by atoms with Gasteiger partial charge in [0.2, 0.25) is 0 Å². The minimum atomic E-state index is -0.0894. The fourth-order valence-corrected chi connectivity index (χ4v) is 3.21. The summed E-state index contributed by atoms with van der Waals surface area (Å²) in [5, 5.41) is 5.03. The van der Waals surface area contributed by atoms with Gasteiger partial charge in [-0.25, -0.2) is 4.79 Å². The van der Waals surface area contributed by atoms with E-state index in [2.05, 4.69) is 11.4 Å². The number of hydrogen-bond acceptors (Lipinski definition) is 2. The number of aromatic nitrogens is 1. The van der Waals surface area contributed by atoms with E-state index < -0.39 is 0 Å². The van der Waals surface area contributed by atoms with Crippen LogP contribution in [0, 0.1) is 6.92 Å². The van der Waals surface area contributed by atoms with Crippen molar-refractivity contribution < 1.29 is 4.79 Å². The third kappa shape index (κ3) is 4.06. The molecule has 0 saturated heterocycles. The molecule has 0 aliphatic heterocycles. The Morgan fingerprint density at radius 1 is 1.12 bits per heavy atom. The highest BCUT2D eigenvalue weighted by Gasteiger charge is 2.16. The maximum absolute atomic E-state index is 12.8. The number of anilines is 1. The van der Waals surface area contributed by atoms with Crippen molar-refractivity contribution >= 4 is 23.1 Å². The molecule has 0 spiro atoms. The lowest BCUT2D eigenvalue weighted by Gasteiger charge is -2.23. The molecule has 1 aromatic carbocycles. The van der Waals surface area contributed by atoms with E-state index in [4.69, 9.17) is 0 Å². The van der Waals surface area contributed by atoms with Crippen molar-refractivity contribution in [1.82, 2.24) is 9.47 Å². The number of hydrogen-bond donors (Lipinski definition) is 1. The molecule has 3 rings (SSSR count). The minimum Gasteiger partial charge on any atom is -0.353 e. The summed E-state index contributed by atoms with van der Waals surface area (Å²) in [5.74, 6) is 0. The van der Waals surface area contributed by atoms with Crippen molar-refractivity contribution in [1.29, 1.82) is 0 Å². The molecule has 0 aliphatic carbocycles. The first-order chi connectivity index (χ1) is 11.6. The van der Waals surface area contributed by atoms with Crippen molar-refractivity contribution in [3.63, 3.8) is 0 Å². The normalized spacial score (nSPS) is 10.6. The molecular formula is C19H21N3OS. The summed E-state index contributed by atoms with van der Waals surface area (Å²) in [5.41, 5.74) is 3.09. The highest BCUT2D eigenvalue weighted by atomic mass is 32.1. The Labute approximate surface area is 146 Å². The summed E-state index contributed by atoms with van der Waals surface area (Å²) in [6.45, 7) is 3.20. The highest BCUT2D eigenvalue weighted by molar-refractivity contribution is 7.09. The van der Waals surface area contributed by atoms with Gasteiger partial charge in [0.1, 0.15) is 0 Å². The number of amides is 2. The van der Waals surface area contributed by atoms with Crippen molar-refractivity contribution in [2.45, 2.75) is 20.0 Å². The number of benzene rings is 1. The van der Waals surface area contributed by atoms with Crippen molar-refractivity contribution in [3.05, 3.63) is 76.2 Å². The molecule has 2 amide bonds. The maximum Gasteiger partial charge on any atom is 0.322 e. The molecule has 3 aromatic rings. The highest BCUT2D eigenvalue weighted by Crippen LogP contribution is 2.17. The average Bonchev–Trinajstić information content (AvgIpc) is 3.21. The van der Waals surface area contributed by atoms with E-state index in [1.165, 1.54) is 10.4 Å². The second kappa shape index (κ2) is 7.36. The molecule has 0 radical (unpaired) electrons. The Balaban J connectivity index is 1.76. The third-order valence-corrected chi connectivity index (χ3v) is 4.78. The molecule has 0 bridgehead atoms. The molecule has 0 unspecified atom stereocenters. The van der Waals surface area contributed by atoms with Gasteiger partial charge in [0.15, 0.2) is 0 Å². The van der Waals surface area contributed by atoms with Gasteiger partial charge in [-0.05, 0) is 42.6 Å². The Morgan fingerprint density at radius 3 is 2.54 bits per heavy atom. The summed E-state index contributed by atoms with van der Waals surface area (Å²) >= 11 is 1.67. The van der Waals surface area contributed by atoms with Crippen LogP contribution in [0.5, 0.6) is 0 Å². The number of nitrogens with zero attached hydrogens (tertiary/aromatic N) is 2. The number of nitrogens with one attached hydrogen (secondary N) is 1. The van der Waals surface area contributed by atoms with Crippen LogP contribution in [-0.2, 0) is 20.1 Å². The van der Waals surface area contributed by atoms with E-state index in [1.54, 1.807) is 11.3 Å². The van der Waals surface area contributed by atoms with E-state index in [-0.39, 0.29) is 6.03 Å². The van der Waals surface area contributed by atoms with E-state index in [1.807, 2.05) is 77.5 Å². The van der Waals surface area contributed by atoms with Gasteiger partial charge in [0, 0.05) is 29.5 Å². The van der Waals surface area contributed by atoms with Crippen LogP contribution in [0.15, 0.2) is 60.1 Å². The van der Waals surface area contributed by atoms with Crippen molar-refractivity contribution in [3.8, 4) is 0 Å². The maximum atomic E-state index is 12.8. The topological polar surface area (TPSA) is 37.3 Å². The second-order valence-electron chi connectivity index (χ2n) is 5.84. The first-order valence-electron chi connectivity index (χ1n) is 7.87. The lowest BCUT2D eigenvalue weighted by atomic mass is 10.2. The number of carbonyl (C=O) groups excluding carboxylic acids is 1. The van der Waals surface area contributed by atoms with Crippen LogP contribution in [0.1, 0.15) is 16.1 Å². The zero-order chi connectivity index (χ0) is 16.9. The summed E-state index contributed by atoms with van der Waals surface area (Å²) in [6, 6.07) is 15.9. The first-order valence-corrected chi connectivity index (χ1v) is 8.75. The molecule has 4 nitrogen and oxygen atoms in total. The number of urea groups is 1. The summed E-state index contributed by atoms with van der Waals surface area (Å²) in [7, 11) is 2.00. The molecule has 0 aliphatic rings. The predicted octanol–water partition coefficient (Wildman–Crippen LogP) is 4.63. The second-order valence-corrected chi connectivity index (χ2v) is 6.87. The Hall–Kier alpha value is -2.53. The standard InChI is InChI=1S/C19H21N3OS/c1-15-7-9-16(10-8-15)20-19(23)22(14-18-6-4-12-24-18)13-17-5-3-11-21(17)2/h3-12H,13-14H2,1-2H3,(H,20,23). The largest absolute Gasteiger partial charge is 0.353 e. The Morgan fingerprint density at radius 2 is 1.92 bits per heavy atom. The zero-order valence-electron chi connectivity index (χ0n) is 13.9. The van der Waals surface area contributed by atoms with Crippen LogP contribution in [0.4, 0.5) is 10.5 Å². The smallest absolute Gasteiger partial charge is 0.322 e. The first kappa shape index (κ1) is 16.3. The van der Waals surface area contributed by atoms with Gasteiger partial charge in [0.05, 0.1) is 13.1 Å². The van der Waals surface area contributed by atoms with E-state index >= 15 is 0 Å². The van der Waals surface area contributed by atoms with Gasteiger partial charge < -0.3 is 14.8 Å². The average molecular weight is 339 g/mol. The summed E-state index contributed by atoms with van der Waals surface area (Å²) in [4.78, 5) is 15.8.